The van der Waals surface area contributed by atoms with Crippen LogP contribution in [0.15, 0.2) is 45.6 Å². The van der Waals surface area contributed by atoms with Crippen molar-refractivity contribution >= 4 is 34.0 Å². The van der Waals surface area contributed by atoms with Crippen molar-refractivity contribution in [3.05, 3.63) is 52.2 Å². The Bertz CT molecular complexity index is 993. The number of rotatable bonds is 9. The minimum atomic E-state index is -0.0647. The fraction of sp³-hybridized carbons (Fsp3) is 0.333. The Balaban J connectivity index is 2.07. The molecule has 2 aromatic carbocycles. The summed E-state index contributed by atoms with van der Waals surface area (Å²) in [6.45, 7) is 8.17. The second-order valence-corrected chi connectivity index (χ2v) is 6.36. The third-order valence-corrected chi connectivity index (χ3v) is 4.82. The Kier molecular flexibility index (Phi) is 6.08. The van der Waals surface area contributed by atoms with E-state index in [1.54, 1.807) is 12.1 Å². The van der Waals surface area contributed by atoms with Gasteiger partial charge in [0.15, 0.2) is 0 Å². The molecule has 3 aromatic rings. The van der Waals surface area contributed by atoms with Crippen LogP contribution in [0, 0.1) is 0 Å². The van der Waals surface area contributed by atoms with E-state index in [0.29, 0.717) is 34.9 Å². The molecular weight excluding hydrogens is 342 g/mol. The van der Waals surface area contributed by atoms with Gasteiger partial charge in [-0.25, -0.2) is 0 Å². The van der Waals surface area contributed by atoms with Crippen molar-refractivity contribution in [3.8, 4) is 0 Å². The number of carbonyl (C=O) groups excluding carboxylic acids is 1. The highest BCUT2D eigenvalue weighted by molar-refractivity contribution is 5.98. The van der Waals surface area contributed by atoms with Crippen molar-refractivity contribution in [2.45, 2.75) is 20.4 Å². The molecule has 0 aliphatic rings. The lowest BCUT2D eigenvalue weighted by Gasteiger charge is -2.19. The van der Waals surface area contributed by atoms with E-state index in [1.807, 2.05) is 24.3 Å². The Morgan fingerprint density at radius 1 is 1.11 bits per heavy atom. The Hall–Kier alpha value is -2.86. The number of para-hydroxylation sites is 1. The first kappa shape index (κ1) is 18.9. The zero-order valence-corrected chi connectivity index (χ0v) is 15.7. The molecule has 0 fully saturated rings. The van der Waals surface area contributed by atoms with Crippen molar-refractivity contribution in [1.82, 2.24) is 10.2 Å². The van der Waals surface area contributed by atoms with Crippen LogP contribution in [0.25, 0.3) is 21.9 Å². The highest BCUT2D eigenvalue weighted by Crippen LogP contribution is 2.27. The summed E-state index contributed by atoms with van der Waals surface area (Å²) in [5, 5.41) is 7.11. The second-order valence-electron chi connectivity index (χ2n) is 6.36. The number of nitrogens with one attached hydrogen (secondary N) is 2. The molecule has 0 bridgehead atoms. The van der Waals surface area contributed by atoms with Crippen LogP contribution >= 0.6 is 0 Å². The number of anilines is 1. The Morgan fingerprint density at radius 3 is 2.63 bits per heavy atom. The molecule has 0 unspecified atom stereocenters. The lowest BCUT2D eigenvalue weighted by Crippen LogP contribution is -2.28. The number of hydrogen-bond donors (Lipinski definition) is 2. The predicted octanol–water partition coefficient (Wildman–Crippen LogP) is 2.95. The van der Waals surface area contributed by atoms with Gasteiger partial charge >= 0.3 is 0 Å². The molecule has 1 heterocycles. The Labute approximate surface area is 158 Å². The van der Waals surface area contributed by atoms with E-state index in [2.05, 4.69) is 29.4 Å². The molecular formula is C21H25N3O3. The average molecular weight is 367 g/mol. The van der Waals surface area contributed by atoms with Gasteiger partial charge < -0.3 is 20.0 Å². The summed E-state index contributed by atoms with van der Waals surface area (Å²) in [7, 11) is 0. The minimum Gasteiger partial charge on any atom is -0.455 e. The van der Waals surface area contributed by atoms with Gasteiger partial charge in [0, 0.05) is 30.9 Å². The van der Waals surface area contributed by atoms with E-state index in [0.717, 1.165) is 37.4 Å². The number of fused-ring (bicyclic) bond motifs is 2. The van der Waals surface area contributed by atoms with Gasteiger partial charge in [0.05, 0.1) is 10.8 Å². The monoisotopic (exact) mass is 367 g/mol. The number of hydrogen-bond acceptors (Lipinski definition) is 5. The largest absolute Gasteiger partial charge is 0.455 e. The molecule has 0 aliphatic carbocycles. The molecule has 0 saturated carbocycles. The number of nitrogens with zero attached hydrogens (tertiary/aromatic N) is 1. The zero-order chi connectivity index (χ0) is 19.2. The van der Waals surface area contributed by atoms with Gasteiger partial charge in [-0.3, -0.25) is 9.59 Å². The van der Waals surface area contributed by atoms with Gasteiger partial charge in [-0.1, -0.05) is 32.0 Å². The molecule has 0 aliphatic heterocycles. The van der Waals surface area contributed by atoms with Crippen LogP contribution in [0.4, 0.5) is 5.69 Å². The van der Waals surface area contributed by atoms with E-state index in [-0.39, 0.29) is 5.43 Å². The number of likely N-dealkylation sites (N-methyl/N-ethyl adjacent to an activating group) is 1. The molecule has 27 heavy (non-hydrogen) atoms. The molecule has 1 aromatic heterocycles. The number of benzene rings is 2. The smallest absolute Gasteiger partial charge is 0.207 e. The van der Waals surface area contributed by atoms with Crippen LogP contribution in [0.2, 0.25) is 0 Å². The summed E-state index contributed by atoms with van der Waals surface area (Å²) in [5.41, 5.74) is 2.52. The zero-order valence-electron chi connectivity index (χ0n) is 15.7. The maximum atomic E-state index is 13.1. The van der Waals surface area contributed by atoms with E-state index >= 15 is 0 Å². The quantitative estimate of drug-likeness (QED) is 0.449. The van der Waals surface area contributed by atoms with Gasteiger partial charge in [0.2, 0.25) is 11.8 Å². The van der Waals surface area contributed by atoms with Crippen LogP contribution in [0.5, 0.6) is 0 Å². The Morgan fingerprint density at radius 2 is 1.89 bits per heavy atom. The number of amides is 1. The molecule has 3 rings (SSSR count). The highest BCUT2D eigenvalue weighted by Gasteiger charge is 2.15. The van der Waals surface area contributed by atoms with Crippen LogP contribution in [0.1, 0.15) is 19.4 Å². The maximum Gasteiger partial charge on any atom is 0.207 e. The molecule has 0 atom stereocenters. The fourth-order valence-corrected chi connectivity index (χ4v) is 3.28. The van der Waals surface area contributed by atoms with Crippen LogP contribution in [0.3, 0.4) is 0 Å². The van der Waals surface area contributed by atoms with Crippen LogP contribution in [-0.4, -0.2) is 37.5 Å². The third kappa shape index (κ3) is 3.95. The molecule has 0 spiro atoms. The SMILES string of the molecule is CCN(CC)CCNc1ccc(CNC=O)c2oc3ccccc3c(=O)c12. The molecule has 6 heteroatoms. The summed E-state index contributed by atoms with van der Waals surface area (Å²) in [6.07, 6.45) is 0.640. The normalized spacial score (nSPS) is 11.2. The topological polar surface area (TPSA) is 74.6 Å². The second kappa shape index (κ2) is 8.68. The molecule has 142 valence electrons. The molecule has 1 amide bonds. The van der Waals surface area contributed by atoms with Gasteiger partial charge in [-0.05, 0) is 31.3 Å². The van der Waals surface area contributed by atoms with Crippen molar-refractivity contribution < 1.29 is 9.21 Å². The average Bonchev–Trinajstić information content (AvgIpc) is 2.70. The van der Waals surface area contributed by atoms with Crippen molar-refractivity contribution in [1.29, 1.82) is 0 Å². The summed E-state index contributed by atoms with van der Waals surface area (Å²) < 4.78 is 6.06. The van der Waals surface area contributed by atoms with Gasteiger partial charge in [-0.2, -0.15) is 0 Å². The van der Waals surface area contributed by atoms with E-state index in [9.17, 15) is 9.59 Å². The predicted molar refractivity (Wildman–Crippen MR) is 109 cm³/mol. The summed E-state index contributed by atoms with van der Waals surface area (Å²) in [6, 6.07) is 11.0. The van der Waals surface area contributed by atoms with Gasteiger partial charge in [-0.15, -0.1) is 0 Å². The van der Waals surface area contributed by atoms with Gasteiger partial charge in [0.25, 0.3) is 0 Å². The summed E-state index contributed by atoms with van der Waals surface area (Å²) in [4.78, 5) is 26.2. The summed E-state index contributed by atoms with van der Waals surface area (Å²) in [5.74, 6) is 0. The maximum absolute atomic E-state index is 13.1. The highest BCUT2D eigenvalue weighted by atomic mass is 16.3. The first-order chi connectivity index (χ1) is 13.2. The van der Waals surface area contributed by atoms with Crippen molar-refractivity contribution in [2.24, 2.45) is 0 Å². The molecule has 6 nitrogen and oxygen atoms in total. The lowest BCUT2D eigenvalue weighted by atomic mass is 10.1. The number of carbonyl (C=O) groups is 1. The standard InChI is InChI=1S/C21H25N3O3/c1-3-24(4-2)12-11-23-17-10-9-15(13-22-14-25)21-19(17)20(26)16-7-5-6-8-18(16)27-21/h5-10,14,23H,3-4,11-13H2,1-2H3,(H,22,25). The minimum absolute atomic E-state index is 0.0647. The van der Waals surface area contributed by atoms with Gasteiger partial charge in [0.1, 0.15) is 11.2 Å². The first-order valence-electron chi connectivity index (χ1n) is 9.30. The molecule has 2 N–H and O–H groups in total. The van der Waals surface area contributed by atoms with E-state index in [1.165, 1.54) is 0 Å². The summed E-state index contributed by atoms with van der Waals surface area (Å²) >= 11 is 0. The van der Waals surface area contributed by atoms with E-state index < -0.39 is 0 Å². The third-order valence-electron chi connectivity index (χ3n) is 4.82. The lowest BCUT2D eigenvalue weighted by molar-refractivity contribution is -0.109. The molecule has 0 saturated heterocycles. The van der Waals surface area contributed by atoms with Crippen LogP contribution < -0.4 is 16.1 Å². The van der Waals surface area contributed by atoms with Crippen LogP contribution in [-0.2, 0) is 11.3 Å². The van der Waals surface area contributed by atoms with Crippen molar-refractivity contribution in [2.75, 3.05) is 31.5 Å². The fourth-order valence-electron chi connectivity index (χ4n) is 3.28. The van der Waals surface area contributed by atoms with Crippen molar-refractivity contribution in [3.63, 3.8) is 0 Å². The first-order valence-corrected chi connectivity index (χ1v) is 9.30. The molecule has 0 radical (unpaired) electrons. The van der Waals surface area contributed by atoms with E-state index in [4.69, 9.17) is 4.42 Å².